The fourth-order valence-corrected chi connectivity index (χ4v) is 1.04. The Morgan fingerprint density at radius 3 is 2.87 bits per heavy atom. The van der Waals surface area contributed by atoms with Gasteiger partial charge in [-0.15, -0.1) is 0 Å². The normalized spacial score (nSPS) is 9.73. The number of amides is 1. The van der Waals surface area contributed by atoms with Crippen LogP contribution in [0.15, 0.2) is 24.3 Å². The molecular weight excluding hydrogens is 198 g/mol. The number of aromatic hydroxyl groups is 1. The Morgan fingerprint density at radius 1 is 1.53 bits per heavy atom. The number of hydrogen-bond donors (Lipinski definition) is 2. The monoisotopic (exact) mass is 211 g/mol. The van der Waals surface area contributed by atoms with Crippen LogP contribution in [0.4, 0.5) is 10.5 Å². The van der Waals surface area contributed by atoms with E-state index in [4.69, 9.17) is 9.84 Å². The summed E-state index contributed by atoms with van der Waals surface area (Å²) in [7, 11) is 1.52. The van der Waals surface area contributed by atoms with Gasteiger partial charge < -0.3 is 14.9 Å². The van der Waals surface area contributed by atoms with Gasteiger partial charge in [-0.1, -0.05) is 6.07 Å². The van der Waals surface area contributed by atoms with Gasteiger partial charge in [-0.05, 0) is 12.1 Å². The number of nitrogens with zero attached hydrogens (tertiary/aromatic N) is 1. The first kappa shape index (κ1) is 11.3. The van der Waals surface area contributed by atoms with E-state index in [1.54, 1.807) is 12.1 Å². The molecule has 1 aromatic carbocycles. The van der Waals surface area contributed by atoms with Crippen LogP contribution in [0.3, 0.4) is 0 Å². The predicted molar refractivity (Wildman–Crippen MR) is 54.9 cm³/mol. The molecule has 0 aromatic heterocycles. The van der Waals surface area contributed by atoms with Gasteiger partial charge in [0, 0.05) is 13.1 Å². The molecule has 0 heterocycles. The van der Waals surface area contributed by atoms with Gasteiger partial charge >= 0.3 is 6.09 Å². The van der Waals surface area contributed by atoms with Crippen molar-refractivity contribution < 1.29 is 19.7 Å². The number of hydrogen-bond acceptors (Lipinski definition) is 4. The van der Waals surface area contributed by atoms with Gasteiger partial charge in [-0.2, -0.15) is 0 Å². The molecule has 1 amide bonds. The second-order valence-electron chi connectivity index (χ2n) is 2.92. The summed E-state index contributed by atoms with van der Waals surface area (Å²) in [4.78, 5) is 12.6. The maximum absolute atomic E-state index is 11.3. The molecule has 0 fully saturated rings. The first-order chi connectivity index (χ1) is 7.15. The van der Waals surface area contributed by atoms with E-state index >= 15 is 0 Å². The summed E-state index contributed by atoms with van der Waals surface area (Å²) in [5.74, 6) is 0.0781. The van der Waals surface area contributed by atoms with Crippen LogP contribution >= 0.6 is 0 Å². The third-order valence-corrected chi connectivity index (χ3v) is 1.81. The van der Waals surface area contributed by atoms with Crippen molar-refractivity contribution in [3.8, 4) is 5.75 Å². The Hall–Kier alpha value is -1.75. The molecule has 5 heteroatoms. The van der Waals surface area contributed by atoms with E-state index in [2.05, 4.69) is 0 Å². The predicted octanol–water partition coefficient (Wildman–Crippen LogP) is 0.957. The number of rotatable bonds is 3. The van der Waals surface area contributed by atoms with E-state index in [1.807, 2.05) is 0 Å². The van der Waals surface area contributed by atoms with Crippen molar-refractivity contribution in [3.63, 3.8) is 0 Å². The second kappa shape index (κ2) is 5.21. The lowest BCUT2D eigenvalue weighted by molar-refractivity contribution is 0.126. The number of aliphatic hydroxyl groups excluding tert-OH is 1. The highest BCUT2D eigenvalue weighted by Crippen LogP contribution is 2.19. The van der Waals surface area contributed by atoms with Crippen molar-refractivity contribution in [2.24, 2.45) is 0 Å². The van der Waals surface area contributed by atoms with Gasteiger partial charge in [0.1, 0.15) is 12.4 Å². The summed E-state index contributed by atoms with van der Waals surface area (Å²) in [6.45, 7) is -0.248. The minimum absolute atomic E-state index is 0.0397. The first-order valence-electron chi connectivity index (χ1n) is 4.45. The van der Waals surface area contributed by atoms with Gasteiger partial charge in [0.2, 0.25) is 0 Å². The average Bonchev–Trinajstić information content (AvgIpc) is 2.24. The molecule has 2 N–H and O–H groups in total. The van der Waals surface area contributed by atoms with Crippen LogP contribution in [0, 0.1) is 0 Å². The molecule has 0 saturated carbocycles. The smallest absolute Gasteiger partial charge is 0.414 e. The van der Waals surface area contributed by atoms with Gasteiger partial charge in [0.15, 0.2) is 0 Å². The fourth-order valence-electron chi connectivity index (χ4n) is 1.04. The Bertz CT molecular complexity index is 340. The van der Waals surface area contributed by atoms with E-state index in [0.717, 1.165) is 0 Å². The summed E-state index contributed by atoms with van der Waals surface area (Å²) < 4.78 is 4.70. The number of carbonyl (C=O) groups excluding carboxylic acids is 1. The number of aliphatic hydroxyl groups is 1. The van der Waals surface area contributed by atoms with Gasteiger partial charge in [0.25, 0.3) is 0 Å². The molecule has 0 aliphatic carbocycles. The second-order valence-corrected chi connectivity index (χ2v) is 2.92. The number of benzene rings is 1. The number of phenolic OH excluding ortho intramolecular Hbond substituents is 1. The summed E-state index contributed by atoms with van der Waals surface area (Å²) in [6, 6.07) is 6.25. The Kier molecular flexibility index (Phi) is 3.93. The zero-order valence-corrected chi connectivity index (χ0v) is 8.38. The van der Waals surface area contributed by atoms with Crippen LogP contribution in [-0.2, 0) is 4.74 Å². The largest absolute Gasteiger partial charge is 0.508 e. The van der Waals surface area contributed by atoms with E-state index < -0.39 is 6.09 Å². The highest BCUT2D eigenvalue weighted by Gasteiger charge is 2.11. The molecule has 0 aliphatic rings. The quantitative estimate of drug-likeness (QED) is 0.781. The first-order valence-corrected chi connectivity index (χ1v) is 4.45. The summed E-state index contributed by atoms with van der Waals surface area (Å²) in [5, 5.41) is 17.7. The molecule has 1 aromatic rings. The SMILES string of the molecule is CN(C(=O)OCCO)c1cccc(O)c1. The van der Waals surface area contributed by atoms with E-state index in [-0.39, 0.29) is 19.0 Å². The van der Waals surface area contributed by atoms with Crippen molar-refractivity contribution in [2.75, 3.05) is 25.2 Å². The topological polar surface area (TPSA) is 70.0 Å². The van der Waals surface area contributed by atoms with Gasteiger partial charge in [-0.3, -0.25) is 4.90 Å². The van der Waals surface area contributed by atoms with Crippen LogP contribution < -0.4 is 4.90 Å². The molecule has 0 unspecified atom stereocenters. The molecule has 1 rings (SSSR count). The Morgan fingerprint density at radius 2 is 2.27 bits per heavy atom. The number of phenols is 1. The third-order valence-electron chi connectivity index (χ3n) is 1.81. The third kappa shape index (κ3) is 3.14. The van der Waals surface area contributed by atoms with E-state index in [9.17, 15) is 9.90 Å². The molecule has 0 radical (unpaired) electrons. The minimum Gasteiger partial charge on any atom is -0.508 e. The summed E-state index contributed by atoms with van der Waals surface area (Å²) in [6.07, 6.45) is -0.574. The zero-order chi connectivity index (χ0) is 11.3. The van der Waals surface area contributed by atoms with Crippen LogP contribution in [-0.4, -0.2) is 36.6 Å². The van der Waals surface area contributed by atoms with Crippen molar-refractivity contribution in [1.29, 1.82) is 0 Å². The van der Waals surface area contributed by atoms with Gasteiger partial charge in [-0.25, -0.2) is 4.79 Å². The van der Waals surface area contributed by atoms with Crippen molar-refractivity contribution in [2.45, 2.75) is 0 Å². The summed E-state index contributed by atoms with van der Waals surface area (Å²) >= 11 is 0. The maximum atomic E-state index is 11.3. The zero-order valence-electron chi connectivity index (χ0n) is 8.38. The van der Waals surface area contributed by atoms with Crippen molar-refractivity contribution in [3.05, 3.63) is 24.3 Å². The average molecular weight is 211 g/mol. The number of carbonyl (C=O) groups is 1. The molecule has 0 bridgehead atoms. The minimum atomic E-state index is -0.574. The van der Waals surface area contributed by atoms with Gasteiger partial charge in [0.05, 0.1) is 12.3 Å². The number of ether oxygens (including phenoxy) is 1. The van der Waals surface area contributed by atoms with Crippen LogP contribution in [0.2, 0.25) is 0 Å². The van der Waals surface area contributed by atoms with Crippen LogP contribution in [0.1, 0.15) is 0 Å². The van der Waals surface area contributed by atoms with Crippen molar-refractivity contribution >= 4 is 11.8 Å². The Balaban J connectivity index is 2.67. The Labute approximate surface area is 87.5 Å². The lowest BCUT2D eigenvalue weighted by Crippen LogP contribution is -2.27. The summed E-state index contributed by atoms with van der Waals surface area (Å²) in [5.41, 5.74) is 0.526. The molecular formula is C10H13NO4. The molecule has 5 nitrogen and oxygen atoms in total. The van der Waals surface area contributed by atoms with E-state index in [1.165, 1.54) is 24.1 Å². The standard InChI is InChI=1S/C10H13NO4/c1-11(10(14)15-6-5-12)8-3-2-4-9(13)7-8/h2-4,7,12-13H,5-6H2,1H3. The number of anilines is 1. The van der Waals surface area contributed by atoms with Crippen LogP contribution in [0.5, 0.6) is 5.75 Å². The van der Waals surface area contributed by atoms with E-state index in [0.29, 0.717) is 5.69 Å². The molecule has 0 saturated heterocycles. The molecule has 0 spiro atoms. The highest BCUT2D eigenvalue weighted by atomic mass is 16.6. The lowest BCUT2D eigenvalue weighted by Gasteiger charge is -2.16. The molecule has 0 aliphatic heterocycles. The van der Waals surface area contributed by atoms with Crippen LogP contribution in [0.25, 0.3) is 0 Å². The van der Waals surface area contributed by atoms with Crippen molar-refractivity contribution in [1.82, 2.24) is 0 Å². The molecule has 0 atom stereocenters. The lowest BCUT2D eigenvalue weighted by atomic mass is 10.3. The maximum Gasteiger partial charge on any atom is 0.414 e. The highest BCUT2D eigenvalue weighted by molar-refractivity contribution is 5.87. The fraction of sp³-hybridized carbons (Fsp3) is 0.300. The molecule has 82 valence electrons. The molecule has 15 heavy (non-hydrogen) atoms.